The molecule has 0 saturated carbocycles. The molecule has 0 bridgehead atoms. The molecule has 0 spiro atoms. The van der Waals surface area contributed by atoms with E-state index in [2.05, 4.69) is 15.5 Å². The van der Waals surface area contributed by atoms with E-state index in [9.17, 15) is 32.1 Å². The molecule has 2 unspecified atom stereocenters. The molecule has 5 N–H and O–H groups in total. The van der Waals surface area contributed by atoms with Crippen LogP contribution in [0.1, 0.15) is 26.5 Å². The number of hydrogen-bond donors (Lipinski definition) is 4. The summed E-state index contributed by atoms with van der Waals surface area (Å²) in [5.74, 6) is -4.49. The van der Waals surface area contributed by atoms with E-state index in [1.165, 1.54) is 19.2 Å². The summed E-state index contributed by atoms with van der Waals surface area (Å²) in [6.07, 6.45) is 0. The van der Waals surface area contributed by atoms with Gasteiger partial charge in [0.15, 0.2) is 10.8 Å². The quantitative estimate of drug-likeness (QED) is 0.0999. The van der Waals surface area contributed by atoms with Crippen molar-refractivity contribution in [1.29, 1.82) is 0 Å². The summed E-state index contributed by atoms with van der Waals surface area (Å²) in [6.45, 7) is 2.71. The normalized spacial score (nSPS) is 19.2. The molecule has 0 aliphatic carbocycles. The lowest BCUT2D eigenvalue weighted by Gasteiger charge is -2.43. The average molecular weight is 493 g/mol. The highest BCUT2D eigenvalue weighted by Gasteiger charge is 2.54. The number of thiazole rings is 1. The van der Waals surface area contributed by atoms with Gasteiger partial charge < -0.3 is 25.7 Å². The number of carboxylic acids is 1. The standard InChI is InChI=1S/C15H19N5O10S2/c1-6(21)29-4-8-10(12(23)20(8)32(26,27)28)18-11(22)9(7-5-31-14(16)17-7)19-30-15(2,3)13(24)25/h5,8,10H,4H2,1-3H3,(H2,16,17)(H,18,22)(H,24,25)(H,26,27,28). The van der Waals surface area contributed by atoms with Gasteiger partial charge in [0.05, 0.1) is 0 Å². The van der Waals surface area contributed by atoms with Gasteiger partial charge in [0.25, 0.3) is 11.8 Å². The van der Waals surface area contributed by atoms with Crippen LogP contribution in [0.15, 0.2) is 10.5 Å². The maximum absolute atomic E-state index is 12.8. The number of anilines is 1. The SMILES string of the molecule is CC(=O)OCC1C(NC(=O)C(=NOC(C)(C)C(=O)O)c2csc(N)n2)C(=O)N1S(=O)(=O)O. The van der Waals surface area contributed by atoms with Crippen molar-refractivity contribution in [3.63, 3.8) is 0 Å². The number of rotatable bonds is 9. The van der Waals surface area contributed by atoms with Gasteiger partial charge in [-0.05, 0) is 13.8 Å². The number of aromatic nitrogens is 1. The van der Waals surface area contributed by atoms with Crippen molar-refractivity contribution in [2.24, 2.45) is 5.16 Å². The number of carboxylic acid groups (broad SMARTS) is 1. The first-order valence-electron chi connectivity index (χ1n) is 8.61. The maximum Gasteiger partial charge on any atom is 0.362 e. The molecule has 1 aromatic rings. The van der Waals surface area contributed by atoms with Crippen molar-refractivity contribution < 1.29 is 46.8 Å². The van der Waals surface area contributed by atoms with E-state index in [1.807, 2.05) is 0 Å². The molecular weight excluding hydrogens is 474 g/mol. The fraction of sp³-hybridized carbons (Fsp3) is 0.467. The van der Waals surface area contributed by atoms with Gasteiger partial charge in [-0.25, -0.2) is 14.1 Å². The number of nitrogens with one attached hydrogen (secondary N) is 1. The average Bonchev–Trinajstić information content (AvgIpc) is 3.07. The number of β-lactam (4-membered cyclic amide) rings is 1. The summed E-state index contributed by atoms with van der Waals surface area (Å²) >= 11 is 0.934. The van der Waals surface area contributed by atoms with Crippen molar-refractivity contribution in [1.82, 2.24) is 14.6 Å². The largest absolute Gasteiger partial charge is 0.478 e. The zero-order valence-electron chi connectivity index (χ0n) is 16.8. The highest BCUT2D eigenvalue weighted by Crippen LogP contribution is 2.24. The number of nitrogen functional groups attached to an aromatic ring is 1. The Balaban J connectivity index is 2.32. The highest BCUT2D eigenvalue weighted by atomic mass is 32.2. The van der Waals surface area contributed by atoms with E-state index in [0.717, 1.165) is 18.3 Å². The highest BCUT2D eigenvalue weighted by molar-refractivity contribution is 7.84. The van der Waals surface area contributed by atoms with Crippen molar-refractivity contribution in [2.45, 2.75) is 38.5 Å². The Morgan fingerprint density at radius 1 is 1.41 bits per heavy atom. The number of nitrogens with zero attached hydrogens (tertiary/aromatic N) is 3. The number of ether oxygens (including phenoxy) is 1. The van der Waals surface area contributed by atoms with E-state index in [0.29, 0.717) is 0 Å². The molecule has 1 aliphatic rings. The molecule has 2 atom stereocenters. The van der Waals surface area contributed by atoms with E-state index >= 15 is 0 Å². The molecule has 1 aliphatic heterocycles. The van der Waals surface area contributed by atoms with Gasteiger partial charge in [0, 0.05) is 12.3 Å². The second kappa shape index (κ2) is 9.05. The van der Waals surface area contributed by atoms with Crippen LogP contribution in [0.5, 0.6) is 0 Å². The number of amides is 2. The molecular formula is C15H19N5O10S2. The first kappa shape index (κ1) is 25.0. The zero-order chi connectivity index (χ0) is 24.4. The van der Waals surface area contributed by atoms with Gasteiger partial charge in [-0.1, -0.05) is 5.16 Å². The van der Waals surface area contributed by atoms with E-state index < -0.39 is 64.1 Å². The number of carbonyl (C=O) groups excluding carboxylic acids is 3. The maximum atomic E-state index is 12.8. The number of aliphatic carboxylic acids is 1. The van der Waals surface area contributed by atoms with Crippen LogP contribution in [0.2, 0.25) is 0 Å². The number of nitrogens with two attached hydrogens (primary N) is 1. The summed E-state index contributed by atoms with van der Waals surface area (Å²) < 4.78 is 36.8. The topological polar surface area (TPSA) is 228 Å². The molecule has 2 heterocycles. The molecule has 17 heteroatoms. The molecule has 1 aromatic heterocycles. The molecule has 15 nitrogen and oxygen atoms in total. The summed E-state index contributed by atoms with van der Waals surface area (Å²) in [7, 11) is -5.00. The summed E-state index contributed by atoms with van der Waals surface area (Å²) in [5, 5.41) is 16.2. The number of carbonyl (C=O) groups is 4. The van der Waals surface area contributed by atoms with Crippen molar-refractivity contribution >= 4 is 56.2 Å². The van der Waals surface area contributed by atoms with Gasteiger partial charge in [-0.15, -0.1) is 11.3 Å². The number of hydrogen-bond acceptors (Lipinski definition) is 12. The molecule has 0 aromatic carbocycles. The zero-order valence-corrected chi connectivity index (χ0v) is 18.5. The van der Waals surface area contributed by atoms with Gasteiger partial charge in [-0.3, -0.25) is 18.9 Å². The third-order valence-corrected chi connectivity index (χ3v) is 5.64. The van der Waals surface area contributed by atoms with Crippen LogP contribution in [-0.2, 0) is 39.1 Å². The molecule has 0 radical (unpaired) electrons. The Morgan fingerprint density at radius 2 is 2.03 bits per heavy atom. The minimum Gasteiger partial charge on any atom is -0.478 e. The van der Waals surface area contributed by atoms with Crippen LogP contribution in [0.4, 0.5) is 5.13 Å². The monoisotopic (exact) mass is 493 g/mol. The van der Waals surface area contributed by atoms with Crippen LogP contribution in [-0.4, -0.2) is 81.1 Å². The molecule has 2 rings (SSSR count). The minimum absolute atomic E-state index is 0.0442. The van der Waals surface area contributed by atoms with Crippen LogP contribution < -0.4 is 11.1 Å². The first-order valence-corrected chi connectivity index (χ1v) is 10.9. The lowest BCUT2D eigenvalue weighted by molar-refractivity contribution is -0.161. The predicted octanol–water partition coefficient (Wildman–Crippen LogP) is -1.63. The van der Waals surface area contributed by atoms with Gasteiger partial charge in [0.1, 0.15) is 24.4 Å². The van der Waals surface area contributed by atoms with Crippen molar-refractivity contribution in [2.75, 3.05) is 12.3 Å². The lowest BCUT2D eigenvalue weighted by atomic mass is 9.99. The van der Waals surface area contributed by atoms with Crippen molar-refractivity contribution in [3.8, 4) is 0 Å². The lowest BCUT2D eigenvalue weighted by Crippen LogP contribution is -2.73. The second-order valence-corrected chi connectivity index (χ2v) is 9.03. The van der Waals surface area contributed by atoms with Crippen LogP contribution in [0, 0.1) is 0 Å². The Kier molecular flexibility index (Phi) is 7.06. The Hall–Kier alpha value is -3.31. The molecule has 176 valence electrons. The van der Waals surface area contributed by atoms with E-state index in [-0.39, 0.29) is 15.1 Å². The summed E-state index contributed by atoms with van der Waals surface area (Å²) in [6, 6.07) is -2.97. The molecule has 32 heavy (non-hydrogen) atoms. The number of esters is 1. The smallest absolute Gasteiger partial charge is 0.362 e. The molecule has 1 fully saturated rings. The van der Waals surface area contributed by atoms with E-state index in [1.54, 1.807) is 0 Å². The fourth-order valence-corrected chi connectivity index (χ4v) is 3.75. The molecule has 2 amide bonds. The first-order chi connectivity index (χ1) is 14.6. The van der Waals surface area contributed by atoms with Gasteiger partial charge >= 0.3 is 22.2 Å². The fourth-order valence-electron chi connectivity index (χ4n) is 2.34. The Bertz CT molecular complexity index is 1080. The van der Waals surface area contributed by atoms with Crippen LogP contribution in [0.25, 0.3) is 0 Å². The Labute approximate surface area is 185 Å². The van der Waals surface area contributed by atoms with E-state index in [4.69, 9.17) is 20.4 Å². The second-order valence-electron chi connectivity index (χ2n) is 6.85. The Morgan fingerprint density at radius 3 is 2.50 bits per heavy atom. The van der Waals surface area contributed by atoms with Crippen LogP contribution >= 0.6 is 11.3 Å². The minimum atomic E-state index is -5.00. The number of oxime groups is 1. The third-order valence-electron chi connectivity index (χ3n) is 4.02. The molecule has 1 saturated heterocycles. The predicted molar refractivity (Wildman–Crippen MR) is 107 cm³/mol. The van der Waals surface area contributed by atoms with Crippen LogP contribution in [0.3, 0.4) is 0 Å². The van der Waals surface area contributed by atoms with Crippen molar-refractivity contribution in [3.05, 3.63) is 11.1 Å². The third kappa shape index (κ3) is 5.48. The summed E-state index contributed by atoms with van der Waals surface area (Å²) in [4.78, 5) is 56.1. The van der Waals surface area contributed by atoms with Gasteiger partial charge in [-0.2, -0.15) is 8.42 Å². The summed E-state index contributed by atoms with van der Waals surface area (Å²) in [5.41, 5.74) is 3.04. The van der Waals surface area contributed by atoms with Gasteiger partial charge in [0.2, 0.25) is 5.60 Å².